The van der Waals surface area contributed by atoms with E-state index < -0.39 is 0 Å². The molecule has 0 aliphatic heterocycles. The fraction of sp³-hybridized carbons (Fsp3) is 0.136. The monoisotopic (exact) mass is 330 g/mol. The summed E-state index contributed by atoms with van der Waals surface area (Å²) in [5, 5.41) is 6.79. The van der Waals surface area contributed by atoms with Gasteiger partial charge in [-0.2, -0.15) is 5.10 Å². The molecular formula is C22H22N2O. The van der Waals surface area contributed by atoms with Crippen LogP contribution in [0.4, 0.5) is 0 Å². The number of nitrogens with zero attached hydrogens (tertiary/aromatic N) is 2. The van der Waals surface area contributed by atoms with Gasteiger partial charge in [0.05, 0.1) is 26.4 Å². The molecule has 3 heteroatoms. The van der Waals surface area contributed by atoms with E-state index in [1.54, 1.807) is 7.11 Å². The molecule has 0 aliphatic rings. The second-order valence-corrected chi connectivity index (χ2v) is 5.78. The number of rotatable bonds is 7. The SMILES string of the molecule is COc1ccccc1/C=N/N(Cc1ccccc1)Cc1ccccc1. The average molecular weight is 330 g/mol. The minimum Gasteiger partial charge on any atom is -0.496 e. The van der Waals surface area contributed by atoms with Gasteiger partial charge in [0, 0.05) is 5.56 Å². The summed E-state index contributed by atoms with van der Waals surface area (Å²) in [5.41, 5.74) is 3.43. The van der Waals surface area contributed by atoms with E-state index in [1.165, 1.54) is 11.1 Å². The Bertz CT molecular complexity index is 759. The zero-order valence-corrected chi connectivity index (χ0v) is 14.4. The molecule has 0 radical (unpaired) electrons. The summed E-state index contributed by atoms with van der Waals surface area (Å²) < 4.78 is 5.40. The second-order valence-electron chi connectivity index (χ2n) is 5.78. The van der Waals surface area contributed by atoms with Gasteiger partial charge in [-0.25, -0.2) is 0 Å². The molecule has 0 spiro atoms. The summed E-state index contributed by atoms with van der Waals surface area (Å²) in [6, 6.07) is 28.7. The molecule has 3 aromatic rings. The maximum absolute atomic E-state index is 5.40. The highest BCUT2D eigenvalue weighted by Gasteiger charge is 2.05. The summed E-state index contributed by atoms with van der Waals surface area (Å²) in [5.74, 6) is 0.825. The maximum atomic E-state index is 5.40. The van der Waals surface area contributed by atoms with Crippen LogP contribution in [0.3, 0.4) is 0 Å². The zero-order chi connectivity index (χ0) is 17.3. The Labute approximate surface area is 149 Å². The Hall–Kier alpha value is -3.07. The number of benzene rings is 3. The van der Waals surface area contributed by atoms with E-state index in [4.69, 9.17) is 9.84 Å². The Morgan fingerprint density at radius 1 is 0.760 bits per heavy atom. The largest absolute Gasteiger partial charge is 0.496 e. The summed E-state index contributed by atoms with van der Waals surface area (Å²) in [6.07, 6.45) is 1.87. The molecule has 0 aromatic heterocycles. The van der Waals surface area contributed by atoms with Crippen molar-refractivity contribution >= 4 is 6.21 Å². The van der Waals surface area contributed by atoms with Gasteiger partial charge in [-0.3, -0.25) is 5.01 Å². The van der Waals surface area contributed by atoms with Gasteiger partial charge in [-0.1, -0.05) is 72.8 Å². The van der Waals surface area contributed by atoms with Crippen LogP contribution in [0, 0.1) is 0 Å². The Morgan fingerprint density at radius 2 is 1.28 bits per heavy atom. The first-order valence-electron chi connectivity index (χ1n) is 8.35. The lowest BCUT2D eigenvalue weighted by molar-refractivity contribution is 0.272. The highest BCUT2D eigenvalue weighted by Crippen LogP contribution is 2.16. The minimum absolute atomic E-state index is 0.751. The number of methoxy groups -OCH3 is 1. The van der Waals surface area contributed by atoms with Crippen LogP contribution < -0.4 is 4.74 Å². The van der Waals surface area contributed by atoms with Crippen molar-refractivity contribution in [3.63, 3.8) is 0 Å². The third-order valence-corrected chi connectivity index (χ3v) is 3.91. The number of hydrogen-bond donors (Lipinski definition) is 0. The lowest BCUT2D eigenvalue weighted by atomic mass is 10.2. The van der Waals surface area contributed by atoms with Crippen LogP contribution in [0.25, 0.3) is 0 Å². The van der Waals surface area contributed by atoms with Gasteiger partial charge < -0.3 is 4.74 Å². The normalized spacial score (nSPS) is 10.8. The van der Waals surface area contributed by atoms with E-state index in [9.17, 15) is 0 Å². The first kappa shape index (κ1) is 16.8. The zero-order valence-electron chi connectivity index (χ0n) is 14.4. The van der Waals surface area contributed by atoms with Crippen molar-refractivity contribution in [1.29, 1.82) is 0 Å². The number of ether oxygens (including phenoxy) is 1. The molecule has 3 aromatic carbocycles. The number of hydrogen-bond acceptors (Lipinski definition) is 3. The molecule has 3 nitrogen and oxygen atoms in total. The second kappa shape index (κ2) is 8.69. The molecule has 0 aliphatic carbocycles. The third-order valence-electron chi connectivity index (χ3n) is 3.91. The van der Waals surface area contributed by atoms with Gasteiger partial charge in [0.2, 0.25) is 0 Å². The first-order chi connectivity index (χ1) is 12.3. The Kier molecular flexibility index (Phi) is 5.83. The molecule has 0 saturated carbocycles. The van der Waals surface area contributed by atoms with Crippen molar-refractivity contribution in [3.8, 4) is 5.75 Å². The van der Waals surface area contributed by atoms with E-state index in [0.29, 0.717) is 0 Å². The number of para-hydroxylation sites is 1. The quantitative estimate of drug-likeness (QED) is 0.462. The van der Waals surface area contributed by atoms with Crippen LogP contribution in [0.15, 0.2) is 90.0 Å². The van der Waals surface area contributed by atoms with Gasteiger partial charge in [-0.15, -0.1) is 0 Å². The fourth-order valence-electron chi connectivity index (χ4n) is 2.64. The third kappa shape index (κ3) is 4.95. The van der Waals surface area contributed by atoms with Gasteiger partial charge in [0.15, 0.2) is 0 Å². The van der Waals surface area contributed by atoms with Crippen LogP contribution in [0.1, 0.15) is 16.7 Å². The minimum atomic E-state index is 0.751. The van der Waals surface area contributed by atoms with Crippen LogP contribution >= 0.6 is 0 Å². The molecule has 0 unspecified atom stereocenters. The predicted molar refractivity (Wildman–Crippen MR) is 103 cm³/mol. The van der Waals surface area contributed by atoms with E-state index >= 15 is 0 Å². The summed E-state index contributed by atoms with van der Waals surface area (Å²) in [4.78, 5) is 0. The van der Waals surface area contributed by atoms with Gasteiger partial charge in [0.1, 0.15) is 5.75 Å². The predicted octanol–water partition coefficient (Wildman–Crippen LogP) is 4.73. The van der Waals surface area contributed by atoms with E-state index in [-0.39, 0.29) is 0 Å². The highest BCUT2D eigenvalue weighted by atomic mass is 16.5. The maximum Gasteiger partial charge on any atom is 0.127 e. The van der Waals surface area contributed by atoms with Crippen LogP contribution in [0.5, 0.6) is 5.75 Å². The molecule has 0 atom stereocenters. The van der Waals surface area contributed by atoms with E-state index in [1.807, 2.05) is 42.6 Å². The van der Waals surface area contributed by atoms with Crippen LogP contribution in [-0.4, -0.2) is 18.3 Å². The lowest BCUT2D eigenvalue weighted by Gasteiger charge is -2.19. The van der Waals surface area contributed by atoms with Crippen molar-refractivity contribution in [3.05, 3.63) is 102 Å². The topological polar surface area (TPSA) is 24.8 Å². The van der Waals surface area contributed by atoms with Crippen molar-refractivity contribution < 1.29 is 4.74 Å². The molecule has 3 rings (SSSR count). The Morgan fingerprint density at radius 3 is 1.84 bits per heavy atom. The number of hydrazone groups is 1. The van der Waals surface area contributed by atoms with Crippen LogP contribution in [-0.2, 0) is 13.1 Å². The fourth-order valence-corrected chi connectivity index (χ4v) is 2.64. The van der Waals surface area contributed by atoms with Crippen molar-refractivity contribution in [1.82, 2.24) is 5.01 Å². The summed E-state index contributed by atoms with van der Waals surface area (Å²) in [7, 11) is 1.68. The van der Waals surface area contributed by atoms with E-state index in [0.717, 1.165) is 24.4 Å². The Balaban J connectivity index is 1.81. The van der Waals surface area contributed by atoms with Crippen molar-refractivity contribution in [2.24, 2.45) is 5.10 Å². The molecular weight excluding hydrogens is 308 g/mol. The van der Waals surface area contributed by atoms with E-state index in [2.05, 4.69) is 53.5 Å². The van der Waals surface area contributed by atoms with Gasteiger partial charge in [-0.05, 0) is 23.3 Å². The van der Waals surface area contributed by atoms with Crippen LogP contribution in [0.2, 0.25) is 0 Å². The van der Waals surface area contributed by atoms with Gasteiger partial charge >= 0.3 is 0 Å². The molecule has 0 heterocycles. The van der Waals surface area contributed by atoms with Crippen molar-refractivity contribution in [2.45, 2.75) is 13.1 Å². The standard InChI is InChI=1S/C22H22N2O/c1-25-22-15-9-8-14-21(22)16-23-24(17-19-10-4-2-5-11-19)18-20-12-6-3-7-13-20/h2-16H,17-18H2,1H3/b23-16+. The molecule has 25 heavy (non-hydrogen) atoms. The molecule has 0 saturated heterocycles. The summed E-state index contributed by atoms with van der Waals surface area (Å²) >= 11 is 0. The highest BCUT2D eigenvalue weighted by molar-refractivity contribution is 5.83. The molecule has 0 N–H and O–H groups in total. The average Bonchev–Trinajstić information content (AvgIpc) is 2.68. The molecule has 0 fully saturated rings. The molecule has 0 bridgehead atoms. The van der Waals surface area contributed by atoms with Gasteiger partial charge in [0.25, 0.3) is 0 Å². The summed E-state index contributed by atoms with van der Waals surface area (Å²) in [6.45, 7) is 1.50. The molecule has 0 amide bonds. The smallest absolute Gasteiger partial charge is 0.127 e. The lowest BCUT2D eigenvalue weighted by Crippen LogP contribution is -2.17. The first-order valence-corrected chi connectivity index (χ1v) is 8.35. The molecule has 126 valence electrons. The van der Waals surface area contributed by atoms with Crippen molar-refractivity contribution in [2.75, 3.05) is 7.11 Å².